The second-order valence-corrected chi connectivity index (χ2v) is 3.46. The van der Waals surface area contributed by atoms with Crippen LogP contribution in [0.4, 0.5) is 5.82 Å². The molecule has 0 spiro atoms. The molecule has 6 heteroatoms. The highest BCUT2D eigenvalue weighted by Gasteiger charge is 2.20. The van der Waals surface area contributed by atoms with Crippen molar-refractivity contribution < 1.29 is 4.92 Å². The molecule has 0 atom stereocenters. The summed E-state index contributed by atoms with van der Waals surface area (Å²) in [5, 5.41) is 10.8. The standard InChI is InChI=1S/C10H12N4O2/c1-2-9-12-10(14(15)16)8-5-7(6-11)3-4-13(8)9/h3-5H,2,6,11H2,1H3. The SMILES string of the molecule is CCc1nc([N+](=O)[O-])c2cc(CN)ccn12. The topological polar surface area (TPSA) is 86.5 Å². The number of hydrogen-bond acceptors (Lipinski definition) is 4. The predicted octanol–water partition coefficient (Wildman–Crippen LogP) is 1.26. The molecule has 0 radical (unpaired) electrons. The van der Waals surface area contributed by atoms with E-state index in [0.29, 0.717) is 24.3 Å². The largest absolute Gasteiger partial charge is 0.389 e. The maximum Gasteiger partial charge on any atom is 0.389 e. The number of rotatable bonds is 3. The molecule has 0 aliphatic rings. The van der Waals surface area contributed by atoms with E-state index >= 15 is 0 Å². The number of imidazole rings is 1. The van der Waals surface area contributed by atoms with Crippen molar-refractivity contribution in [2.24, 2.45) is 5.73 Å². The molecule has 0 unspecified atom stereocenters. The molecule has 2 aromatic rings. The van der Waals surface area contributed by atoms with Crippen molar-refractivity contribution >= 4 is 11.3 Å². The number of pyridine rings is 1. The summed E-state index contributed by atoms with van der Waals surface area (Å²) in [7, 11) is 0. The molecule has 2 aromatic heterocycles. The molecule has 0 aromatic carbocycles. The van der Waals surface area contributed by atoms with Gasteiger partial charge in [0, 0.05) is 19.2 Å². The van der Waals surface area contributed by atoms with Crippen molar-refractivity contribution in [3.63, 3.8) is 0 Å². The van der Waals surface area contributed by atoms with Crippen molar-refractivity contribution in [2.45, 2.75) is 19.9 Å². The molecular formula is C10H12N4O2. The maximum atomic E-state index is 10.8. The molecule has 2 rings (SSSR count). The van der Waals surface area contributed by atoms with E-state index in [1.165, 1.54) is 0 Å². The van der Waals surface area contributed by atoms with Crippen LogP contribution in [0.15, 0.2) is 18.3 Å². The Morgan fingerprint density at radius 3 is 2.94 bits per heavy atom. The normalized spacial score (nSPS) is 10.9. The molecule has 2 N–H and O–H groups in total. The zero-order valence-electron chi connectivity index (χ0n) is 8.88. The van der Waals surface area contributed by atoms with Crippen molar-refractivity contribution in [3.05, 3.63) is 39.8 Å². The molecule has 0 saturated carbocycles. The lowest BCUT2D eigenvalue weighted by Crippen LogP contribution is -1.98. The van der Waals surface area contributed by atoms with Crippen LogP contribution in [0.1, 0.15) is 18.3 Å². The van der Waals surface area contributed by atoms with E-state index in [-0.39, 0.29) is 5.82 Å². The molecule has 0 saturated heterocycles. The monoisotopic (exact) mass is 220 g/mol. The van der Waals surface area contributed by atoms with Gasteiger partial charge in [-0.3, -0.25) is 4.40 Å². The third kappa shape index (κ3) is 1.53. The van der Waals surface area contributed by atoms with E-state index in [4.69, 9.17) is 5.73 Å². The molecule has 0 aliphatic heterocycles. The highest BCUT2D eigenvalue weighted by atomic mass is 16.6. The van der Waals surface area contributed by atoms with Crippen LogP contribution in [0, 0.1) is 10.1 Å². The van der Waals surface area contributed by atoms with E-state index < -0.39 is 4.92 Å². The van der Waals surface area contributed by atoms with Crippen LogP contribution < -0.4 is 5.73 Å². The minimum Gasteiger partial charge on any atom is -0.358 e. The number of aryl methyl sites for hydroxylation is 1. The van der Waals surface area contributed by atoms with Gasteiger partial charge >= 0.3 is 5.82 Å². The Hall–Kier alpha value is -1.95. The van der Waals surface area contributed by atoms with Gasteiger partial charge in [0.05, 0.1) is 0 Å². The first kappa shape index (κ1) is 10.6. The fourth-order valence-electron chi connectivity index (χ4n) is 1.69. The van der Waals surface area contributed by atoms with Gasteiger partial charge in [-0.2, -0.15) is 0 Å². The lowest BCUT2D eigenvalue weighted by atomic mass is 10.2. The Morgan fingerprint density at radius 1 is 1.62 bits per heavy atom. The minimum atomic E-state index is -0.464. The van der Waals surface area contributed by atoms with Gasteiger partial charge in [0.1, 0.15) is 5.52 Å². The number of nitrogens with two attached hydrogens (primary N) is 1. The van der Waals surface area contributed by atoms with Gasteiger partial charge in [-0.25, -0.2) is 0 Å². The summed E-state index contributed by atoms with van der Waals surface area (Å²) >= 11 is 0. The summed E-state index contributed by atoms with van der Waals surface area (Å²) in [5.41, 5.74) is 6.87. The second-order valence-electron chi connectivity index (χ2n) is 3.46. The van der Waals surface area contributed by atoms with Crippen LogP contribution in [0.3, 0.4) is 0 Å². The second kappa shape index (κ2) is 3.90. The molecular weight excluding hydrogens is 208 g/mol. The van der Waals surface area contributed by atoms with Gasteiger partial charge in [0.25, 0.3) is 0 Å². The lowest BCUT2D eigenvalue weighted by Gasteiger charge is -1.98. The minimum absolute atomic E-state index is 0.104. The number of nitro groups is 1. The van der Waals surface area contributed by atoms with E-state index in [0.717, 1.165) is 5.56 Å². The summed E-state index contributed by atoms with van der Waals surface area (Å²) in [6.45, 7) is 2.27. The van der Waals surface area contributed by atoms with Crippen molar-refractivity contribution in [3.8, 4) is 0 Å². The molecule has 0 aliphatic carbocycles. The fourth-order valence-corrected chi connectivity index (χ4v) is 1.69. The molecule has 84 valence electrons. The Morgan fingerprint density at radius 2 is 2.38 bits per heavy atom. The zero-order chi connectivity index (χ0) is 11.7. The molecule has 0 bridgehead atoms. The van der Waals surface area contributed by atoms with Crippen molar-refractivity contribution in [1.82, 2.24) is 9.38 Å². The average molecular weight is 220 g/mol. The number of hydrogen-bond donors (Lipinski definition) is 1. The quantitative estimate of drug-likeness (QED) is 0.623. The van der Waals surface area contributed by atoms with Crippen LogP contribution >= 0.6 is 0 Å². The Balaban J connectivity index is 2.75. The van der Waals surface area contributed by atoms with Gasteiger partial charge in [-0.05, 0) is 27.6 Å². The summed E-state index contributed by atoms with van der Waals surface area (Å²) in [4.78, 5) is 14.4. The number of fused-ring (bicyclic) bond motifs is 1. The molecule has 0 fully saturated rings. The van der Waals surface area contributed by atoms with Gasteiger partial charge in [0.15, 0.2) is 0 Å². The molecule has 6 nitrogen and oxygen atoms in total. The van der Waals surface area contributed by atoms with Crippen molar-refractivity contribution in [2.75, 3.05) is 0 Å². The van der Waals surface area contributed by atoms with E-state index in [9.17, 15) is 10.1 Å². The van der Waals surface area contributed by atoms with Gasteiger partial charge < -0.3 is 15.8 Å². The van der Waals surface area contributed by atoms with Crippen molar-refractivity contribution in [1.29, 1.82) is 0 Å². The molecule has 16 heavy (non-hydrogen) atoms. The maximum absolute atomic E-state index is 10.8. The first-order valence-corrected chi connectivity index (χ1v) is 5.01. The van der Waals surface area contributed by atoms with E-state index in [2.05, 4.69) is 4.98 Å². The number of aromatic nitrogens is 2. The average Bonchev–Trinajstić information content (AvgIpc) is 2.66. The molecule has 0 amide bonds. The Bertz CT molecular complexity index is 547. The first-order chi connectivity index (χ1) is 7.67. The van der Waals surface area contributed by atoms with E-state index in [1.807, 2.05) is 13.0 Å². The molecule has 2 heterocycles. The van der Waals surface area contributed by atoms with Crippen LogP contribution in [0.5, 0.6) is 0 Å². The highest BCUT2D eigenvalue weighted by molar-refractivity contribution is 5.63. The first-order valence-electron chi connectivity index (χ1n) is 5.01. The third-order valence-electron chi connectivity index (χ3n) is 2.49. The van der Waals surface area contributed by atoms with Crippen LogP contribution in [-0.2, 0) is 13.0 Å². The van der Waals surface area contributed by atoms with Gasteiger partial charge in [0.2, 0.25) is 5.82 Å². The summed E-state index contributed by atoms with van der Waals surface area (Å²) < 4.78 is 1.73. The van der Waals surface area contributed by atoms with Crippen LogP contribution in [-0.4, -0.2) is 14.3 Å². The van der Waals surface area contributed by atoms with Gasteiger partial charge in [-0.1, -0.05) is 6.92 Å². The highest BCUT2D eigenvalue weighted by Crippen LogP contribution is 2.21. The Labute approximate surface area is 91.9 Å². The van der Waals surface area contributed by atoms with Crippen LogP contribution in [0.2, 0.25) is 0 Å². The zero-order valence-corrected chi connectivity index (χ0v) is 8.88. The predicted molar refractivity (Wildman–Crippen MR) is 59.1 cm³/mol. The van der Waals surface area contributed by atoms with E-state index in [1.54, 1.807) is 16.7 Å². The fraction of sp³-hybridized carbons (Fsp3) is 0.300. The van der Waals surface area contributed by atoms with Gasteiger partial charge in [-0.15, -0.1) is 0 Å². The van der Waals surface area contributed by atoms with Crippen LogP contribution in [0.25, 0.3) is 5.52 Å². The summed E-state index contributed by atoms with van der Waals surface area (Å²) in [6.07, 6.45) is 2.42. The summed E-state index contributed by atoms with van der Waals surface area (Å²) in [5.74, 6) is 0.581. The summed E-state index contributed by atoms with van der Waals surface area (Å²) in [6, 6.07) is 3.56. The smallest absolute Gasteiger partial charge is 0.358 e. The third-order valence-corrected chi connectivity index (χ3v) is 2.49. The number of nitrogens with zero attached hydrogens (tertiary/aromatic N) is 3. The lowest BCUT2D eigenvalue weighted by molar-refractivity contribution is -0.387. The Kier molecular flexibility index (Phi) is 2.57.